The van der Waals surface area contributed by atoms with E-state index in [0.717, 1.165) is 12.1 Å². The van der Waals surface area contributed by atoms with Crippen molar-refractivity contribution in [3.63, 3.8) is 0 Å². The van der Waals surface area contributed by atoms with Gasteiger partial charge in [-0.1, -0.05) is 13.8 Å². The molecule has 3 N–H and O–H groups in total. The van der Waals surface area contributed by atoms with E-state index in [0.29, 0.717) is 5.69 Å². The van der Waals surface area contributed by atoms with E-state index < -0.39 is 5.92 Å². The maximum atomic E-state index is 12.9. The van der Waals surface area contributed by atoms with Crippen LogP contribution in [0.2, 0.25) is 0 Å². The van der Waals surface area contributed by atoms with Gasteiger partial charge in [0, 0.05) is 36.6 Å². The van der Waals surface area contributed by atoms with Gasteiger partial charge >= 0.3 is 0 Å². The molecule has 8 heteroatoms. The summed E-state index contributed by atoms with van der Waals surface area (Å²) in [5.74, 6) is -0.282. The number of H-pyrrole nitrogens is 3. The Balaban J connectivity index is 1.77. The molecule has 0 spiro atoms. The van der Waals surface area contributed by atoms with Crippen molar-refractivity contribution >= 4 is 11.6 Å². The molecule has 3 rings (SSSR count). The Hall–Kier alpha value is -3.03. The Kier molecular flexibility index (Phi) is 5.40. The first kappa shape index (κ1) is 17.8. The zero-order valence-electron chi connectivity index (χ0n) is 14.8. The van der Waals surface area contributed by atoms with Crippen molar-refractivity contribution in [1.29, 1.82) is 0 Å². The van der Waals surface area contributed by atoms with Crippen LogP contribution in [-0.2, 0) is 0 Å². The van der Waals surface area contributed by atoms with E-state index in [1.54, 1.807) is 24.9 Å². The molecule has 0 amide bonds. The fourth-order valence-electron chi connectivity index (χ4n) is 3.23. The standard InChI is InChI=1S/C18H22N6O2/c1-11(5-12(2)14-7-19-9-23-14)13(17(26)18-21-3-4-22-18)6-16(25)15-8-20-10-24-15/h3-4,7-13H,5-6H2,1-2H3,(H,19,23)(H,20,24)(H,21,22). The molecule has 0 bridgehead atoms. The monoisotopic (exact) mass is 354 g/mol. The number of nitrogens with one attached hydrogen (secondary N) is 3. The molecule has 3 unspecified atom stereocenters. The van der Waals surface area contributed by atoms with Crippen molar-refractivity contribution in [3.05, 3.63) is 54.7 Å². The number of hydrogen-bond acceptors (Lipinski definition) is 5. The van der Waals surface area contributed by atoms with Gasteiger partial charge in [0.2, 0.25) is 5.78 Å². The van der Waals surface area contributed by atoms with Gasteiger partial charge in [0.15, 0.2) is 11.6 Å². The number of carbonyl (C=O) groups excluding carboxylic acids is 2. The lowest BCUT2D eigenvalue weighted by atomic mass is 9.79. The van der Waals surface area contributed by atoms with Crippen molar-refractivity contribution in [2.75, 3.05) is 0 Å². The van der Waals surface area contributed by atoms with E-state index >= 15 is 0 Å². The van der Waals surface area contributed by atoms with Crippen LogP contribution in [0.25, 0.3) is 0 Å². The highest BCUT2D eigenvalue weighted by Gasteiger charge is 2.31. The highest BCUT2D eigenvalue weighted by atomic mass is 16.1. The molecule has 0 fully saturated rings. The smallest absolute Gasteiger partial charge is 0.201 e. The van der Waals surface area contributed by atoms with Crippen molar-refractivity contribution in [1.82, 2.24) is 29.9 Å². The van der Waals surface area contributed by atoms with Crippen LogP contribution in [-0.4, -0.2) is 41.5 Å². The predicted molar refractivity (Wildman–Crippen MR) is 94.7 cm³/mol. The van der Waals surface area contributed by atoms with Crippen LogP contribution < -0.4 is 0 Å². The minimum Gasteiger partial charge on any atom is -0.348 e. The van der Waals surface area contributed by atoms with Crippen LogP contribution in [0.1, 0.15) is 59.4 Å². The third kappa shape index (κ3) is 3.96. The number of imidazole rings is 3. The summed E-state index contributed by atoms with van der Waals surface area (Å²) in [7, 11) is 0. The molecule has 0 aliphatic rings. The molecule has 0 radical (unpaired) electrons. The number of aromatic amines is 3. The minimum atomic E-state index is -0.470. The maximum Gasteiger partial charge on any atom is 0.201 e. The summed E-state index contributed by atoms with van der Waals surface area (Å²) >= 11 is 0. The highest BCUT2D eigenvalue weighted by molar-refractivity contribution is 6.01. The second kappa shape index (κ2) is 7.90. The summed E-state index contributed by atoms with van der Waals surface area (Å²) in [5.41, 5.74) is 1.43. The molecule has 8 nitrogen and oxygen atoms in total. The van der Waals surface area contributed by atoms with Gasteiger partial charge in [-0.15, -0.1) is 0 Å². The fourth-order valence-corrected chi connectivity index (χ4v) is 3.23. The highest BCUT2D eigenvalue weighted by Crippen LogP contribution is 2.30. The first-order chi connectivity index (χ1) is 12.6. The summed E-state index contributed by atoms with van der Waals surface area (Å²) in [6.07, 6.45) is 10.4. The molecule has 0 aromatic carbocycles. The van der Waals surface area contributed by atoms with Gasteiger partial charge in [-0.05, 0) is 18.3 Å². The van der Waals surface area contributed by atoms with Gasteiger partial charge in [0.05, 0.1) is 18.9 Å². The number of ketones is 2. The van der Waals surface area contributed by atoms with Crippen molar-refractivity contribution in [3.8, 4) is 0 Å². The van der Waals surface area contributed by atoms with Gasteiger partial charge in [0.25, 0.3) is 0 Å². The first-order valence-corrected chi connectivity index (χ1v) is 8.59. The molecular formula is C18H22N6O2. The summed E-state index contributed by atoms with van der Waals surface area (Å²) in [6.45, 7) is 4.08. The van der Waals surface area contributed by atoms with Crippen LogP contribution in [0.5, 0.6) is 0 Å². The summed E-state index contributed by atoms with van der Waals surface area (Å²) in [5, 5.41) is 0. The lowest BCUT2D eigenvalue weighted by molar-refractivity contribution is 0.0792. The van der Waals surface area contributed by atoms with Gasteiger partial charge < -0.3 is 15.0 Å². The second-order valence-electron chi connectivity index (χ2n) is 6.62. The van der Waals surface area contributed by atoms with Crippen LogP contribution in [0.3, 0.4) is 0 Å². The molecule has 26 heavy (non-hydrogen) atoms. The van der Waals surface area contributed by atoms with E-state index in [4.69, 9.17) is 0 Å². The molecule has 0 saturated carbocycles. The predicted octanol–water partition coefficient (Wildman–Crippen LogP) is 2.76. The first-order valence-electron chi connectivity index (χ1n) is 8.59. The molecule has 3 heterocycles. The molecule has 0 saturated heterocycles. The number of carbonyl (C=O) groups is 2. The maximum absolute atomic E-state index is 12.9. The summed E-state index contributed by atoms with van der Waals surface area (Å²) < 4.78 is 0. The van der Waals surface area contributed by atoms with Crippen molar-refractivity contribution in [2.24, 2.45) is 11.8 Å². The Bertz CT molecular complexity index is 823. The number of nitrogens with zero attached hydrogens (tertiary/aromatic N) is 3. The lowest BCUT2D eigenvalue weighted by Gasteiger charge is -2.24. The van der Waals surface area contributed by atoms with Crippen LogP contribution in [0.4, 0.5) is 0 Å². The number of hydrogen-bond donors (Lipinski definition) is 3. The van der Waals surface area contributed by atoms with Crippen molar-refractivity contribution in [2.45, 2.75) is 32.6 Å². The zero-order valence-corrected chi connectivity index (χ0v) is 14.8. The number of aromatic nitrogens is 6. The number of Topliss-reactive ketones (excluding diaryl/α,β-unsaturated/α-hetero) is 2. The zero-order chi connectivity index (χ0) is 18.5. The normalized spacial score (nSPS) is 14.7. The van der Waals surface area contributed by atoms with Crippen LogP contribution in [0, 0.1) is 11.8 Å². The van der Waals surface area contributed by atoms with E-state index in [1.165, 1.54) is 12.5 Å². The second-order valence-corrected chi connectivity index (χ2v) is 6.62. The SMILES string of the molecule is CC(CC(C)C(CC(=O)c1cnc[nH]1)C(=O)c1ncc[nH]1)c1cnc[nH]1. The molecule has 136 valence electrons. The topological polar surface area (TPSA) is 120 Å². The largest absolute Gasteiger partial charge is 0.348 e. The average Bonchev–Trinajstić information content (AvgIpc) is 3.40. The molecule has 0 aliphatic heterocycles. The third-order valence-corrected chi connectivity index (χ3v) is 4.73. The fraction of sp³-hybridized carbons (Fsp3) is 0.389. The Morgan fingerprint density at radius 3 is 2.46 bits per heavy atom. The van der Waals surface area contributed by atoms with Gasteiger partial charge in [-0.2, -0.15) is 0 Å². The van der Waals surface area contributed by atoms with Gasteiger partial charge in [0.1, 0.15) is 5.69 Å². The van der Waals surface area contributed by atoms with E-state index in [2.05, 4.69) is 36.8 Å². The quantitative estimate of drug-likeness (QED) is 0.510. The Labute approximate surface area is 150 Å². The van der Waals surface area contributed by atoms with E-state index in [9.17, 15) is 9.59 Å². The van der Waals surface area contributed by atoms with E-state index in [1.807, 2.05) is 6.92 Å². The van der Waals surface area contributed by atoms with Gasteiger partial charge in [-0.3, -0.25) is 9.59 Å². The summed E-state index contributed by atoms with van der Waals surface area (Å²) in [6, 6.07) is 0. The van der Waals surface area contributed by atoms with Crippen LogP contribution >= 0.6 is 0 Å². The molecular weight excluding hydrogens is 332 g/mol. The Morgan fingerprint density at radius 1 is 1.08 bits per heavy atom. The summed E-state index contributed by atoms with van der Waals surface area (Å²) in [4.78, 5) is 46.2. The molecule has 3 atom stereocenters. The van der Waals surface area contributed by atoms with Crippen LogP contribution in [0.15, 0.2) is 37.4 Å². The average molecular weight is 354 g/mol. The van der Waals surface area contributed by atoms with Gasteiger partial charge in [-0.25, -0.2) is 15.0 Å². The van der Waals surface area contributed by atoms with E-state index in [-0.39, 0.29) is 35.6 Å². The molecule has 0 aliphatic carbocycles. The third-order valence-electron chi connectivity index (χ3n) is 4.73. The molecule has 3 aromatic heterocycles. The Morgan fingerprint density at radius 2 is 1.85 bits per heavy atom. The number of rotatable bonds is 9. The van der Waals surface area contributed by atoms with Crippen molar-refractivity contribution < 1.29 is 9.59 Å². The molecule has 3 aromatic rings. The lowest BCUT2D eigenvalue weighted by Crippen LogP contribution is -2.27. The minimum absolute atomic E-state index is 0.0160.